The van der Waals surface area contributed by atoms with Crippen molar-refractivity contribution in [2.24, 2.45) is 0 Å². The third-order valence-electron chi connectivity index (χ3n) is 4.67. The molecule has 4 rings (SSSR count). The minimum atomic E-state index is 0.866. The highest BCUT2D eigenvalue weighted by Gasteiger charge is 2.19. The monoisotopic (exact) mass is 340 g/mol. The van der Waals surface area contributed by atoms with Crippen molar-refractivity contribution >= 4 is 23.3 Å². The van der Waals surface area contributed by atoms with Crippen molar-refractivity contribution in [1.82, 2.24) is 0 Å². The Labute approximate surface area is 154 Å². The van der Waals surface area contributed by atoms with E-state index in [0.29, 0.717) is 0 Å². The van der Waals surface area contributed by atoms with E-state index in [1.165, 1.54) is 27.8 Å². The minimum absolute atomic E-state index is 0.866. The maximum atomic E-state index is 5.29. The lowest BCUT2D eigenvalue weighted by Crippen LogP contribution is -1.88. The fraction of sp³-hybridized carbons (Fsp3) is 0.0833. The Hall–Kier alpha value is -3.26. The Morgan fingerprint density at radius 3 is 1.96 bits per heavy atom. The molecule has 0 fully saturated rings. The molecule has 0 aliphatic heterocycles. The number of benzene rings is 3. The molecule has 128 valence electrons. The van der Waals surface area contributed by atoms with Crippen LogP contribution in [0.2, 0.25) is 0 Å². The molecule has 0 aromatic heterocycles. The van der Waals surface area contributed by atoms with Crippen LogP contribution in [0.25, 0.3) is 23.3 Å². The minimum Gasteiger partial charge on any atom is -0.497 e. The summed E-state index contributed by atoms with van der Waals surface area (Å²) in [7, 11) is 3.37. The van der Waals surface area contributed by atoms with Crippen LogP contribution in [0.4, 0.5) is 0 Å². The van der Waals surface area contributed by atoms with Crippen LogP contribution >= 0.6 is 0 Å². The van der Waals surface area contributed by atoms with E-state index in [0.717, 1.165) is 17.1 Å². The molecule has 0 radical (unpaired) electrons. The Bertz CT molecular complexity index is 977. The largest absolute Gasteiger partial charge is 0.497 e. The summed E-state index contributed by atoms with van der Waals surface area (Å²) in [5, 5.41) is 0. The van der Waals surface area contributed by atoms with Crippen molar-refractivity contribution < 1.29 is 9.47 Å². The van der Waals surface area contributed by atoms with Gasteiger partial charge in [0.15, 0.2) is 0 Å². The van der Waals surface area contributed by atoms with Crippen LogP contribution in [-0.4, -0.2) is 14.2 Å². The van der Waals surface area contributed by atoms with Gasteiger partial charge in [-0.2, -0.15) is 0 Å². The van der Waals surface area contributed by atoms with Gasteiger partial charge in [0.05, 0.1) is 14.2 Å². The third kappa shape index (κ3) is 3.02. The molecule has 0 amide bonds. The van der Waals surface area contributed by atoms with Gasteiger partial charge in [-0.1, -0.05) is 48.5 Å². The second kappa shape index (κ2) is 6.93. The lowest BCUT2D eigenvalue weighted by Gasteiger charge is -2.10. The highest BCUT2D eigenvalue weighted by molar-refractivity contribution is 6.21. The lowest BCUT2D eigenvalue weighted by atomic mass is 9.95. The average Bonchev–Trinajstić information content (AvgIpc) is 3.07. The van der Waals surface area contributed by atoms with Gasteiger partial charge in [0.2, 0.25) is 0 Å². The van der Waals surface area contributed by atoms with Crippen molar-refractivity contribution in [3.8, 4) is 11.5 Å². The Morgan fingerprint density at radius 1 is 0.692 bits per heavy atom. The van der Waals surface area contributed by atoms with Crippen molar-refractivity contribution in [2.75, 3.05) is 14.2 Å². The van der Waals surface area contributed by atoms with Crippen LogP contribution in [0.1, 0.15) is 22.3 Å². The van der Waals surface area contributed by atoms with Gasteiger partial charge in [-0.05, 0) is 69.8 Å². The molecule has 26 heavy (non-hydrogen) atoms. The van der Waals surface area contributed by atoms with Gasteiger partial charge in [0, 0.05) is 0 Å². The molecular weight excluding hydrogens is 320 g/mol. The van der Waals surface area contributed by atoms with Crippen molar-refractivity contribution in [3.63, 3.8) is 0 Å². The highest BCUT2D eigenvalue weighted by atomic mass is 16.5. The molecule has 0 spiro atoms. The van der Waals surface area contributed by atoms with Crippen LogP contribution in [-0.2, 0) is 0 Å². The van der Waals surface area contributed by atoms with E-state index < -0.39 is 0 Å². The average molecular weight is 340 g/mol. The maximum absolute atomic E-state index is 5.29. The van der Waals surface area contributed by atoms with Gasteiger partial charge >= 0.3 is 0 Å². The molecule has 3 aromatic carbocycles. The number of hydrogen-bond donors (Lipinski definition) is 0. The zero-order chi connectivity index (χ0) is 17.9. The van der Waals surface area contributed by atoms with Crippen molar-refractivity contribution in [2.45, 2.75) is 0 Å². The van der Waals surface area contributed by atoms with E-state index in [4.69, 9.17) is 9.47 Å². The molecule has 0 heterocycles. The van der Waals surface area contributed by atoms with E-state index in [9.17, 15) is 0 Å². The van der Waals surface area contributed by atoms with Gasteiger partial charge in [0.1, 0.15) is 11.5 Å². The quantitative estimate of drug-likeness (QED) is 0.598. The lowest BCUT2D eigenvalue weighted by molar-refractivity contribution is 0.414. The Kier molecular flexibility index (Phi) is 4.32. The van der Waals surface area contributed by atoms with Crippen LogP contribution in [0.15, 0.2) is 72.8 Å². The van der Waals surface area contributed by atoms with Gasteiger partial charge < -0.3 is 9.47 Å². The third-order valence-corrected chi connectivity index (χ3v) is 4.67. The van der Waals surface area contributed by atoms with Crippen LogP contribution in [0.3, 0.4) is 0 Å². The van der Waals surface area contributed by atoms with Gasteiger partial charge in [0.25, 0.3) is 0 Å². The number of allylic oxidation sites excluding steroid dienone is 2. The number of methoxy groups -OCH3 is 2. The summed E-state index contributed by atoms with van der Waals surface area (Å²) < 4.78 is 10.6. The number of ether oxygens (including phenoxy) is 2. The number of fused-ring (bicyclic) bond motifs is 1. The molecule has 0 unspecified atom stereocenters. The van der Waals surface area contributed by atoms with Crippen molar-refractivity contribution in [3.05, 3.63) is 95.1 Å². The van der Waals surface area contributed by atoms with E-state index >= 15 is 0 Å². The van der Waals surface area contributed by atoms with E-state index in [1.54, 1.807) is 14.2 Å². The second-order valence-electron chi connectivity index (χ2n) is 6.20. The smallest absolute Gasteiger partial charge is 0.118 e. The first kappa shape index (κ1) is 16.2. The van der Waals surface area contributed by atoms with Crippen molar-refractivity contribution in [1.29, 1.82) is 0 Å². The molecule has 1 aliphatic carbocycles. The van der Waals surface area contributed by atoms with Crippen LogP contribution < -0.4 is 9.47 Å². The van der Waals surface area contributed by atoms with E-state index in [-0.39, 0.29) is 0 Å². The molecule has 0 saturated carbocycles. The normalized spacial score (nSPS) is 14.1. The SMILES string of the molecule is COc1ccc(/C=C2/C(c3ccc(OC)cc3)=Cc3ccccc32)cc1. The predicted octanol–water partition coefficient (Wildman–Crippen LogP) is 5.80. The molecule has 0 atom stereocenters. The summed E-state index contributed by atoms with van der Waals surface area (Å²) in [5.74, 6) is 1.73. The van der Waals surface area contributed by atoms with Crippen LogP contribution in [0, 0.1) is 0 Å². The Balaban J connectivity index is 1.79. The summed E-state index contributed by atoms with van der Waals surface area (Å²) in [4.78, 5) is 0. The number of rotatable bonds is 4. The highest BCUT2D eigenvalue weighted by Crippen LogP contribution is 2.42. The molecule has 2 nitrogen and oxygen atoms in total. The molecule has 2 heteroatoms. The molecule has 1 aliphatic rings. The summed E-state index contributed by atoms with van der Waals surface area (Å²) >= 11 is 0. The topological polar surface area (TPSA) is 18.5 Å². The fourth-order valence-electron chi connectivity index (χ4n) is 3.28. The van der Waals surface area contributed by atoms with E-state index in [1.807, 2.05) is 24.3 Å². The standard InChI is InChI=1S/C24H20O2/c1-25-20-11-7-17(8-12-20)15-24-22-6-4-3-5-19(22)16-23(24)18-9-13-21(26-2)14-10-18/h3-16H,1-2H3/b24-15+. The summed E-state index contributed by atoms with van der Waals surface area (Å²) in [6.45, 7) is 0. The zero-order valence-corrected chi connectivity index (χ0v) is 14.9. The van der Waals surface area contributed by atoms with Gasteiger partial charge in [-0.3, -0.25) is 0 Å². The molecule has 0 N–H and O–H groups in total. The predicted molar refractivity (Wildman–Crippen MR) is 108 cm³/mol. The molecule has 0 bridgehead atoms. The van der Waals surface area contributed by atoms with E-state index in [2.05, 4.69) is 60.7 Å². The molecule has 0 saturated heterocycles. The Morgan fingerprint density at radius 2 is 1.31 bits per heavy atom. The summed E-state index contributed by atoms with van der Waals surface area (Å²) in [6.07, 6.45) is 4.49. The molecule has 3 aromatic rings. The zero-order valence-electron chi connectivity index (χ0n) is 14.9. The first-order valence-corrected chi connectivity index (χ1v) is 8.60. The summed E-state index contributed by atoms with van der Waals surface area (Å²) in [6, 6.07) is 24.9. The molecular formula is C24H20O2. The van der Waals surface area contributed by atoms with Gasteiger partial charge in [-0.25, -0.2) is 0 Å². The second-order valence-corrected chi connectivity index (χ2v) is 6.20. The van der Waals surface area contributed by atoms with Gasteiger partial charge in [-0.15, -0.1) is 0 Å². The summed E-state index contributed by atoms with van der Waals surface area (Å²) in [5.41, 5.74) is 7.30. The maximum Gasteiger partial charge on any atom is 0.118 e. The van der Waals surface area contributed by atoms with Crippen LogP contribution in [0.5, 0.6) is 11.5 Å². The first-order valence-electron chi connectivity index (χ1n) is 8.60. The fourth-order valence-corrected chi connectivity index (χ4v) is 3.28. The first-order chi connectivity index (χ1) is 12.8. The number of hydrogen-bond acceptors (Lipinski definition) is 2.